The molecule has 0 unspecified atom stereocenters. The van der Waals surface area contributed by atoms with Gasteiger partial charge in [0.15, 0.2) is 6.61 Å². The molecular formula is C16H18N2O2. The summed E-state index contributed by atoms with van der Waals surface area (Å²) in [7, 11) is 0. The molecule has 0 radical (unpaired) electrons. The van der Waals surface area contributed by atoms with Gasteiger partial charge in [-0.15, -0.1) is 0 Å². The Labute approximate surface area is 118 Å². The van der Waals surface area contributed by atoms with Crippen LogP contribution in [0.15, 0.2) is 48.5 Å². The summed E-state index contributed by atoms with van der Waals surface area (Å²) in [5.41, 5.74) is 8.32. The fourth-order valence-electron chi connectivity index (χ4n) is 1.83. The SMILES string of the molecule is Cc1cc(N)ccc1OCC(=O)NCc1ccccc1. The predicted octanol–water partition coefficient (Wildman–Crippen LogP) is 2.27. The highest BCUT2D eigenvalue weighted by Gasteiger charge is 2.05. The van der Waals surface area contributed by atoms with Crippen LogP contribution in [0.4, 0.5) is 5.69 Å². The fourth-order valence-corrected chi connectivity index (χ4v) is 1.83. The van der Waals surface area contributed by atoms with Crippen molar-refractivity contribution in [3.8, 4) is 5.75 Å². The number of rotatable bonds is 5. The first kappa shape index (κ1) is 13.9. The van der Waals surface area contributed by atoms with Crippen LogP contribution in [-0.2, 0) is 11.3 Å². The molecule has 104 valence electrons. The van der Waals surface area contributed by atoms with Gasteiger partial charge in [-0.1, -0.05) is 30.3 Å². The molecule has 3 N–H and O–H groups in total. The monoisotopic (exact) mass is 270 g/mol. The Balaban J connectivity index is 1.80. The van der Waals surface area contributed by atoms with Crippen molar-refractivity contribution >= 4 is 11.6 Å². The van der Waals surface area contributed by atoms with E-state index >= 15 is 0 Å². The average molecular weight is 270 g/mol. The van der Waals surface area contributed by atoms with E-state index < -0.39 is 0 Å². The molecule has 0 spiro atoms. The van der Waals surface area contributed by atoms with Gasteiger partial charge < -0.3 is 15.8 Å². The van der Waals surface area contributed by atoms with Gasteiger partial charge in [-0.25, -0.2) is 0 Å². The number of carbonyl (C=O) groups excluding carboxylic acids is 1. The molecule has 0 aromatic heterocycles. The Kier molecular flexibility index (Phi) is 4.60. The van der Waals surface area contributed by atoms with Gasteiger partial charge in [-0.05, 0) is 36.2 Å². The Morgan fingerprint density at radius 2 is 1.95 bits per heavy atom. The maximum absolute atomic E-state index is 11.7. The Bertz CT molecular complexity index is 582. The average Bonchev–Trinajstić information content (AvgIpc) is 2.45. The van der Waals surface area contributed by atoms with E-state index in [1.165, 1.54) is 0 Å². The van der Waals surface area contributed by atoms with Crippen LogP contribution in [-0.4, -0.2) is 12.5 Å². The number of hydrogen-bond acceptors (Lipinski definition) is 3. The first-order valence-electron chi connectivity index (χ1n) is 6.44. The number of ether oxygens (including phenoxy) is 1. The van der Waals surface area contributed by atoms with Crippen LogP contribution in [0.5, 0.6) is 5.75 Å². The van der Waals surface area contributed by atoms with Crippen molar-refractivity contribution in [1.82, 2.24) is 5.32 Å². The molecular weight excluding hydrogens is 252 g/mol. The lowest BCUT2D eigenvalue weighted by Crippen LogP contribution is -2.28. The van der Waals surface area contributed by atoms with Crippen molar-refractivity contribution in [3.63, 3.8) is 0 Å². The third-order valence-corrected chi connectivity index (χ3v) is 2.89. The van der Waals surface area contributed by atoms with Gasteiger partial charge in [0.1, 0.15) is 5.75 Å². The minimum absolute atomic E-state index is 0.00239. The van der Waals surface area contributed by atoms with Crippen molar-refractivity contribution in [2.24, 2.45) is 0 Å². The first-order valence-corrected chi connectivity index (χ1v) is 6.44. The zero-order valence-corrected chi connectivity index (χ0v) is 11.4. The van der Waals surface area contributed by atoms with Gasteiger partial charge in [0.2, 0.25) is 0 Å². The molecule has 2 aromatic carbocycles. The van der Waals surface area contributed by atoms with E-state index in [9.17, 15) is 4.79 Å². The molecule has 1 amide bonds. The highest BCUT2D eigenvalue weighted by molar-refractivity contribution is 5.77. The largest absolute Gasteiger partial charge is 0.484 e. The summed E-state index contributed by atoms with van der Waals surface area (Å²) in [6, 6.07) is 15.1. The quantitative estimate of drug-likeness (QED) is 0.819. The van der Waals surface area contributed by atoms with Crippen LogP contribution < -0.4 is 15.8 Å². The molecule has 0 fully saturated rings. The molecule has 2 aromatic rings. The van der Waals surface area contributed by atoms with Crippen LogP contribution in [0.3, 0.4) is 0 Å². The molecule has 0 aliphatic carbocycles. The number of aryl methyl sites for hydroxylation is 1. The molecule has 0 bridgehead atoms. The van der Waals surface area contributed by atoms with Crippen LogP contribution in [0, 0.1) is 6.92 Å². The summed E-state index contributed by atoms with van der Waals surface area (Å²) < 4.78 is 5.47. The third kappa shape index (κ3) is 4.02. The van der Waals surface area contributed by atoms with Crippen molar-refractivity contribution in [2.45, 2.75) is 13.5 Å². The summed E-state index contributed by atoms with van der Waals surface area (Å²) in [6.07, 6.45) is 0. The van der Waals surface area contributed by atoms with Crippen molar-refractivity contribution < 1.29 is 9.53 Å². The van der Waals surface area contributed by atoms with E-state index in [0.717, 1.165) is 11.1 Å². The van der Waals surface area contributed by atoms with Gasteiger partial charge in [0.25, 0.3) is 5.91 Å². The number of nitrogens with two attached hydrogens (primary N) is 1. The van der Waals surface area contributed by atoms with Gasteiger partial charge in [-0.2, -0.15) is 0 Å². The molecule has 0 heterocycles. The normalized spacial score (nSPS) is 10.1. The minimum atomic E-state index is -0.148. The second-order valence-electron chi connectivity index (χ2n) is 4.58. The summed E-state index contributed by atoms with van der Waals surface area (Å²) in [5, 5.41) is 2.81. The highest BCUT2D eigenvalue weighted by atomic mass is 16.5. The van der Waals surface area contributed by atoms with Gasteiger partial charge in [0, 0.05) is 12.2 Å². The summed E-state index contributed by atoms with van der Waals surface area (Å²) in [6.45, 7) is 2.40. The molecule has 20 heavy (non-hydrogen) atoms. The number of carbonyl (C=O) groups is 1. The van der Waals surface area contributed by atoms with E-state index in [-0.39, 0.29) is 12.5 Å². The molecule has 4 nitrogen and oxygen atoms in total. The zero-order chi connectivity index (χ0) is 14.4. The predicted molar refractivity (Wildman–Crippen MR) is 79.4 cm³/mol. The van der Waals surface area contributed by atoms with Gasteiger partial charge >= 0.3 is 0 Å². The molecule has 0 atom stereocenters. The van der Waals surface area contributed by atoms with Gasteiger partial charge in [-0.3, -0.25) is 4.79 Å². The number of nitrogens with one attached hydrogen (secondary N) is 1. The van der Waals surface area contributed by atoms with Crippen LogP contribution in [0.25, 0.3) is 0 Å². The topological polar surface area (TPSA) is 64.3 Å². The first-order chi connectivity index (χ1) is 9.65. The van der Waals surface area contributed by atoms with Crippen molar-refractivity contribution in [2.75, 3.05) is 12.3 Å². The number of nitrogen functional groups attached to an aromatic ring is 1. The van der Waals surface area contributed by atoms with Crippen LogP contribution in [0.2, 0.25) is 0 Å². The summed E-state index contributed by atoms with van der Waals surface area (Å²) in [5.74, 6) is 0.527. The fraction of sp³-hybridized carbons (Fsp3) is 0.188. The Morgan fingerprint density at radius 1 is 1.20 bits per heavy atom. The molecule has 2 rings (SSSR count). The summed E-state index contributed by atoms with van der Waals surface area (Å²) in [4.78, 5) is 11.7. The smallest absolute Gasteiger partial charge is 0.258 e. The van der Waals surface area contributed by atoms with Crippen LogP contribution in [0.1, 0.15) is 11.1 Å². The van der Waals surface area contributed by atoms with E-state index in [2.05, 4.69) is 5.32 Å². The van der Waals surface area contributed by atoms with E-state index in [1.807, 2.05) is 43.3 Å². The highest BCUT2D eigenvalue weighted by Crippen LogP contribution is 2.19. The molecule has 0 aliphatic rings. The second kappa shape index (κ2) is 6.61. The number of anilines is 1. The third-order valence-electron chi connectivity index (χ3n) is 2.89. The van der Waals surface area contributed by atoms with E-state index in [1.54, 1.807) is 12.1 Å². The van der Waals surface area contributed by atoms with Crippen molar-refractivity contribution in [3.05, 3.63) is 59.7 Å². The second-order valence-corrected chi connectivity index (χ2v) is 4.58. The lowest BCUT2D eigenvalue weighted by Gasteiger charge is -2.10. The lowest BCUT2D eigenvalue weighted by atomic mass is 10.2. The Morgan fingerprint density at radius 3 is 2.65 bits per heavy atom. The molecule has 0 saturated carbocycles. The molecule has 0 aliphatic heterocycles. The molecule has 0 saturated heterocycles. The zero-order valence-electron chi connectivity index (χ0n) is 11.4. The van der Waals surface area contributed by atoms with E-state index in [4.69, 9.17) is 10.5 Å². The number of amides is 1. The number of benzene rings is 2. The van der Waals surface area contributed by atoms with Crippen LogP contribution >= 0.6 is 0 Å². The van der Waals surface area contributed by atoms with Crippen molar-refractivity contribution in [1.29, 1.82) is 0 Å². The number of hydrogen-bond donors (Lipinski definition) is 2. The summed E-state index contributed by atoms with van der Waals surface area (Å²) >= 11 is 0. The minimum Gasteiger partial charge on any atom is -0.484 e. The maximum atomic E-state index is 11.7. The Hall–Kier alpha value is -2.49. The maximum Gasteiger partial charge on any atom is 0.258 e. The standard InChI is InChI=1S/C16H18N2O2/c1-12-9-14(17)7-8-15(12)20-11-16(19)18-10-13-5-3-2-4-6-13/h2-9H,10-11,17H2,1H3,(H,18,19). The van der Waals surface area contributed by atoms with E-state index in [0.29, 0.717) is 18.0 Å². The lowest BCUT2D eigenvalue weighted by molar-refractivity contribution is -0.123. The van der Waals surface area contributed by atoms with Gasteiger partial charge in [0.05, 0.1) is 0 Å². The molecule has 4 heteroatoms.